The summed E-state index contributed by atoms with van der Waals surface area (Å²) in [5.74, 6) is 0. The molecule has 1 unspecified atom stereocenters. The average Bonchev–Trinajstić information content (AvgIpc) is 3.38. The molecule has 0 N–H and O–H groups in total. The van der Waals surface area contributed by atoms with Gasteiger partial charge in [-0.05, 0) is 84.6 Å². The Bertz CT molecular complexity index is 2470. The fourth-order valence-corrected chi connectivity index (χ4v) is 8.20. The number of rotatable bonds is 1. The summed E-state index contributed by atoms with van der Waals surface area (Å²) in [6.45, 7) is 0. The Morgan fingerprint density at radius 3 is 1.88 bits per heavy atom. The molecule has 2 aliphatic rings. The van der Waals surface area contributed by atoms with Gasteiger partial charge in [0.2, 0.25) is 0 Å². The number of fused-ring (bicyclic) bond motifs is 12. The summed E-state index contributed by atoms with van der Waals surface area (Å²) in [5.41, 5.74) is 14.5. The molecule has 2 aromatic heterocycles. The quantitative estimate of drug-likeness (QED) is 0.192. The molecule has 1 atom stereocenters. The number of hydrogen-bond donors (Lipinski definition) is 0. The van der Waals surface area contributed by atoms with E-state index in [0.29, 0.717) is 0 Å². The van der Waals surface area contributed by atoms with Crippen molar-refractivity contribution in [1.82, 2.24) is 9.97 Å². The van der Waals surface area contributed by atoms with Crippen LogP contribution in [0.1, 0.15) is 22.3 Å². The van der Waals surface area contributed by atoms with Crippen molar-refractivity contribution >= 4 is 32.6 Å². The number of nitrogens with zero attached hydrogens (tertiary/aromatic N) is 2. The van der Waals surface area contributed by atoms with Crippen molar-refractivity contribution in [3.05, 3.63) is 168 Å². The summed E-state index contributed by atoms with van der Waals surface area (Å²) < 4.78 is 0. The highest BCUT2D eigenvalue weighted by Gasteiger charge is 2.50. The van der Waals surface area contributed by atoms with Crippen LogP contribution in [0, 0.1) is 0 Å². The Kier molecular flexibility index (Phi) is 4.41. The van der Waals surface area contributed by atoms with Crippen molar-refractivity contribution < 1.29 is 0 Å². The van der Waals surface area contributed by atoms with Crippen molar-refractivity contribution in [3.63, 3.8) is 0 Å². The smallest absolute Gasteiger partial charge is 0.0970 e. The molecule has 0 amide bonds. The van der Waals surface area contributed by atoms with E-state index in [1.807, 2.05) is 24.5 Å². The zero-order valence-electron chi connectivity index (χ0n) is 23.3. The van der Waals surface area contributed by atoms with Gasteiger partial charge >= 0.3 is 0 Å². The fraction of sp³-hybridized carbons (Fsp3) is 0.0244. The van der Waals surface area contributed by atoms with E-state index in [0.717, 1.165) is 21.8 Å². The van der Waals surface area contributed by atoms with E-state index in [1.165, 1.54) is 66.4 Å². The van der Waals surface area contributed by atoms with Crippen LogP contribution in [0.25, 0.3) is 66.0 Å². The molecule has 2 heterocycles. The van der Waals surface area contributed by atoms with Crippen LogP contribution in [-0.2, 0) is 5.41 Å². The van der Waals surface area contributed by atoms with Gasteiger partial charge in [0.15, 0.2) is 0 Å². The van der Waals surface area contributed by atoms with Gasteiger partial charge in [-0.3, -0.25) is 9.97 Å². The van der Waals surface area contributed by atoms with Crippen molar-refractivity contribution in [2.24, 2.45) is 0 Å². The highest BCUT2D eigenvalue weighted by atomic mass is 14.7. The van der Waals surface area contributed by atoms with Crippen LogP contribution in [0.5, 0.6) is 0 Å². The minimum atomic E-state index is -0.432. The van der Waals surface area contributed by atoms with Gasteiger partial charge in [-0.1, -0.05) is 115 Å². The summed E-state index contributed by atoms with van der Waals surface area (Å²) in [5, 5.41) is 4.86. The molecule has 1 spiro atoms. The second-order valence-corrected chi connectivity index (χ2v) is 11.7. The number of benzene rings is 6. The average molecular weight is 545 g/mol. The number of aromatic nitrogens is 2. The fourth-order valence-electron chi connectivity index (χ4n) is 8.20. The summed E-state index contributed by atoms with van der Waals surface area (Å²) >= 11 is 0. The minimum absolute atomic E-state index is 0.432. The first kappa shape index (κ1) is 23.0. The molecule has 0 saturated heterocycles. The molecule has 10 rings (SSSR count). The maximum absolute atomic E-state index is 4.83. The molecule has 0 bridgehead atoms. The lowest BCUT2D eigenvalue weighted by Gasteiger charge is -2.40. The Balaban J connectivity index is 1.40. The zero-order valence-corrected chi connectivity index (χ0v) is 23.3. The molecule has 2 aliphatic carbocycles. The Hall–Kier alpha value is -5.60. The van der Waals surface area contributed by atoms with Crippen LogP contribution < -0.4 is 0 Å². The van der Waals surface area contributed by atoms with Crippen LogP contribution in [0.2, 0.25) is 0 Å². The zero-order chi connectivity index (χ0) is 28.1. The van der Waals surface area contributed by atoms with E-state index >= 15 is 0 Å². The van der Waals surface area contributed by atoms with Crippen LogP contribution >= 0.6 is 0 Å². The van der Waals surface area contributed by atoms with Crippen molar-refractivity contribution in [3.8, 4) is 33.4 Å². The lowest BCUT2D eigenvalue weighted by Crippen LogP contribution is -2.31. The lowest BCUT2D eigenvalue weighted by atomic mass is 9.61. The maximum Gasteiger partial charge on any atom is 0.0970 e. The molecular formula is C41H24N2. The predicted molar refractivity (Wildman–Crippen MR) is 176 cm³/mol. The van der Waals surface area contributed by atoms with Crippen LogP contribution in [0.15, 0.2) is 146 Å². The van der Waals surface area contributed by atoms with E-state index in [9.17, 15) is 0 Å². The maximum atomic E-state index is 4.83. The van der Waals surface area contributed by atoms with E-state index in [4.69, 9.17) is 9.97 Å². The van der Waals surface area contributed by atoms with E-state index in [2.05, 4.69) is 121 Å². The Morgan fingerprint density at radius 1 is 0.395 bits per heavy atom. The summed E-state index contributed by atoms with van der Waals surface area (Å²) in [6, 6.07) is 49.3. The van der Waals surface area contributed by atoms with Gasteiger partial charge in [0.1, 0.15) is 0 Å². The van der Waals surface area contributed by atoms with Gasteiger partial charge in [-0.2, -0.15) is 0 Å². The second kappa shape index (κ2) is 8.24. The van der Waals surface area contributed by atoms with Gasteiger partial charge in [0, 0.05) is 23.2 Å². The first-order valence-electron chi connectivity index (χ1n) is 14.8. The van der Waals surface area contributed by atoms with E-state index in [1.54, 1.807) is 0 Å². The van der Waals surface area contributed by atoms with Gasteiger partial charge in [-0.25, -0.2) is 0 Å². The van der Waals surface area contributed by atoms with Gasteiger partial charge in [-0.15, -0.1) is 0 Å². The Labute approximate surface area is 248 Å². The van der Waals surface area contributed by atoms with Crippen LogP contribution in [0.4, 0.5) is 0 Å². The standard InChI is InChI=1S/C41H24N2/c1-3-18-33-27(13-1)28-15-5-10-25-11-6-20-35(37(25)28)41(33)34-19-4-2-14-31(34)38-29(16-7-21-36(38)41)32-24-26-12-8-22-42-39(26)40-30(32)17-9-23-43-40/h1-24H. The van der Waals surface area contributed by atoms with Gasteiger partial charge in [0.25, 0.3) is 0 Å². The third-order valence-electron chi connectivity index (χ3n) is 9.75. The number of hydrogen-bond acceptors (Lipinski definition) is 2. The molecule has 2 nitrogen and oxygen atoms in total. The second-order valence-electron chi connectivity index (χ2n) is 11.7. The highest BCUT2D eigenvalue weighted by Crippen LogP contribution is 2.63. The predicted octanol–water partition coefficient (Wildman–Crippen LogP) is 9.95. The van der Waals surface area contributed by atoms with Crippen LogP contribution in [-0.4, -0.2) is 9.97 Å². The van der Waals surface area contributed by atoms with Crippen LogP contribution in [0.3, 0.4) is 0 Å². The third kappa shape index (κ3) is 2.78. The van der Waals surface area contributed by atoms with E-state index in [-0.39, 0.29) is 0 Å². The topological polar surface area (TPSA) is 25.8 Å². The third-order valence-corrected chi connectivity index (χ3v) is 9.75. The molecule has 0 saturated carbocycles. The van der Waals surface area contributed by atoms with E-state index < -0.39 is 5.41 Å². The van der Waals surface area contributed by atoms with Crippen molar-refractivity contribution in [2.45, 2.75) is 5.41 Å². The summed E-state index contributed by atoms with van der Waals surface area (Å²) in [7, 11) is 0. The first-order chi connectivity index (χ1) is 21.4. The molecule has 0 radical (unpaired) electrons. The molecule has 0 fully saturated rings. The molecule has 2 heteroatoms. The largest absolute Gasteiger partial charge is 0.254 e. The molecule has 43 heavy (non-hydrogen) atoms. The SMILES string of the molecule is c1ccc2c(c1)-c1c(-c3cc4cccnc4c4ncccc34)cccc1C21c2ccccc2-c2cccc3cccc1c23. The number of pyridine rings is 2. The van der Waals surface area contributed by atoms with Crippen molar-refractivity contribution in [1.29, 1.82) is 0 Å². The first-order valence-corrected chi connectivity index (χ1v) is 14.8. The summed E-state index contributed by atoms with van der Waals surface area (Å²) in [4.78, 5) is 9.56. The molecule has 6 aromatic carbocycles. The van der Waals surface area contributed by atoms with Gasteiger partial charge < -0.3 is 0 Å². The van der Waals surface area contributed by atoms with Crippen molar-refractivity contribution in [2.75, 3.05) is 0 Å². The molecule has 8 aromatic rings. The highest BCUT2D eigenvalue weighted by molar-refractivity contribution is 6.13. The molecular weight excluding hydrogens is 520 g/mol. The van der Waals surface area contributed by atoms with Gasteiger partial charge in [0.05, 0.1) is 16.4 Å². The summed E-state index contributed by atoms with van der Waals surface area (Å²) in [6.07, 6.45) is 3.73. The Morgan fingerprint density at radius 2 is 1.00 bits per heavy atom. The normalized spacial score (nSPS) is 16.0. The minimum Gasteiger partial charge on any atom is -0.254 e. The molecule has 0 aliphatic heterocycles. The lowest BCUT2D eigenvalue weighted by molar-refractivity contribution is 0.773. The monoisotopic (exact) mass is 544 g/mol. The molecule has 198 valence electrons.